The molecule has 3 N–H and O–H groups in total. The van der Waals surface area contributed by atoms with E-state index in [0.717, 1.165) is 0 Å². The molecule has 0 radical (unpaired) electrons. The van der Waals surface area contributed by atoms with Crippen LogP contribution in [0.4, 0.5) is 0 Å². The van der Waals surface area contributed by atoms with Crippen molar-refractivity contribution in [1.29, 1.82) is 0 Å². The number of fused-ring (bicyclic) bond motifs is 5. The molecule has 4 aliphatic rings. The molecule has 0 saturated heterocycles. The van der Waals surface area contributed by atoms with Gasteiger partial charge in [-0.2, -0.15) is 0 Å². The fourth-order valence-corrected chi connectivity index (χ4v) is 7.41. The molecule has 36 heavy (non-hydrogen) atoms. The first-order valence-electron chi connectivity index (χ1n) is 12.7. The molecule has 0 aromatic rings. The highest BCUT2D eigenvalue weighted by molar-refractivity contribution is 6.04. The summed E-state index contributed by atoms with van der Waals surface area (Å²) in [4.78, 5) is 38.9. The zero-order valence-corrected chi connectivity index (χ0v) is 22.1. The maximum atomic E-state index is 13.2. The molecular weight excluding hydrogens is 464 g/mol. The number of ether oxygens (including phenoxy) is 2. The minimum absolute atomic E-state index is 0.122. The Bertz CT molecular complexity index is 1100. The van der Waals surface area contributed by atoms with Crippen molar-refractivity contribution in [2.24, 2.45) is 29.1 Å². The van der Waals surface area contributed by atoms with E-state index in [9.17, 15) is 29.7 Å². The number of allylic oxidation sites excluding steroid dienone is 1. The van der Waals surface area contributed by atoms with Gasteiger partial charge in [-0.05, 0) is 31.9 Å². The van der Waals surface area contributed by atoms with Crippen molar-refractivity contribution in [2.45, 2.75) is 84.2 Å². The predicted molar refractivity (Wildman–Crippen MR) is 130 cm³/mol. The van der Waals surface area contributed by atoms with E-state index in [4.69, 9.17) is 9.47 Å². The second-order valence-corrected chi connectivity index (χ2v) is 11.6. The number of rotatable bonds is 5. The molecule has 0 spiro atoms. The van der Waals surface area contributed by atoms with Gasteiger partial charge in [-0.1, -0.05) is 45.9 Å². The topological polar surface area (TPSA) is 130 Å². The van der Waals surface area contributed by atoms with Gasteiger partial charge in [0.15, 0.2) is 11.4 Å². The Morgan fingerprint density at radius 1 is 1.22 bits per heavy atom. The van der Waals surface area contributed by atoms with Crippen LogP contribution in [-0.2, 0) is 23.9 Å². The number of carbonyl (C=O) groups is 3. The van der Waals surface area contributed by atoms with Crippen LogP contribution in [0.25, 0.3) is 0 Å². The number of Topliss-reactive ketones (excluding diaryl/α,β-unsaturated/α-hetero) is 1. The van der Waals surface area contributed by atoms with Crippen LogP contribution in [-0.4, -0.2) is 62.6 Å². The number of carbonyl (C=O) groups excluding carboxylic acids is 3. The van der Waals surface area contributed by atoms with Gasteiger partial charge in [-0.15, -0.1) is 0 Å². The van der Waals surface area contributed by atoms with Gasteiger partial charge < -0.3 is 24.8 Å². The predicted octanol–water partition coefficient (Wildman–Crippen LogP) is 2.41. The highest BCUT2D eigenvalue weighted by Gasteiger charge is 2.87. The van der Waals surface area contributed by atoms with Gasteiger partial charge in [0, 0.05) is 47.5 Å². The lowest BCUT2D eigenvalue weighted by Gasteiger charge is -2.53. The summed E-state index contributed by atoms with van der Waals surface area (Å²) in [6, 6.07) is 0. The largest absolute Gasteiger partial charge is 0.454 e. The molecule has 8 nitrogen and oxygen atoms in total. The van der Waals surface area contributed by atoms with E-state index >= 15 is 0 Å². The Morgan fingerprint density at radius 2 is 1.86 bits per heavy atom. The molecule has 8 atom stereocenters. The lowest BCUT2D eigenvalue weighted by molar-refractivity contribution is -0.227. The molecule has 0 heterocycles. The minimum Gasteiger partial charge on any atom is -0.454 e. The van der Waals surface area contributed by atoms with Gasteiger partial charge in [0.2, 0.25) is 0 Å². The number of ketones is 1. The van der Waals surface area contributed by atoms with E-state index in [1.807, 2.05) is 13.8 Å². The first-order valence-corrected chi connectivity index (χ1v) is 12.7. The van der Waals surface area contributed by atoms with E-state index in [0.29, 0.717) is 16.7 Å². The van der Waals surface area contributed by atoms with E-state index in [-0.39, 0.29) is 12.8 Å². The third kappa shape index (κ3) is 3.20. The average molecular weight is 503 g/mol. The fourth-order valence-electron chi connectivity index (χ4n) is 7.41. The summed E-state index contributed by atoms with van der Waals surface area (Å²) in [5.74, 6) is -4.53. The summed E-state index contributed by atoms with van der Waals surface area (Å²) in [7, 11) is 0. The third-order valence-corrected chi connectivity index (χ3v) is 9.52. The minimum atomic E-state index is -1.94. The summed E-state index contributed by atoms with van der Waals surface area (Å²) in [5, 5.41) is 34.4. The van der Waals surface area contributed by atoms with Crippen LogP contribution in [0.1, 0.15) is 61.3 Å². The summed E-state index contributed by atoms with van der Waals surface area (Å²) in [6.07, 6.45) is 3.94. The maximum Gasteiger partial charge on any atom is 0.333 e. The van der Waals surface area contributed by atoms with Gasteiger partial charge >= 0.3 is 11.9 Å². The van der Waals surface area contributed by atoms with E-state index in [1.54, 1.807) is 52.8 Å². The quantitative estimate of drug-likeness (QED) is 0.297. The van der Waals surface area contributed by atoms with Crippen molar-refractivity contribution in [1.82, 2.24) is 0 Å². The van der Waals surface area contributed by atoms with Crippen LogP contribution in [0.3, 0.4) is 0 Å². The van der Waals surface area contributed by atoms with Gasteiger partial charge in [-0.25, -0.2) is 4.79 Å². The van der Waals surface area contributed by atoms with Crippen LogP contribution >= 0.6 is 0 Å². The molecule has 4 rings (SSSR count). The molecule has 2 saturated carbocycles. The number of esters is 2. The van der Waals surface area contributed by atoms with Crippen molar-refractivity contribution >= 4 is 17.7 Å². The van der Waals surface area contributed by atoms with Gasteiger partial charge in [-0.3, -0.25) is 9.59 Å². The van der Waals surface area contributed by atoms with Gasteiger partial charge in [0.1, 0.15) is 11.7 Å². The summed E-state index contributed by atoms with van der Waals surface area (Å²) >= 11 is 0. The van der Waals surface area contributed by atoms with Crippen LogP contribution < -0.4 is 0 Å². The van der Waals surface area contributed by atoms with Crippen LogP contribution in [0.15, 0.2) is 34.9 Å². The first-order chi connectivity index (χ1) is 16.7. The number of aliphatic hydroxyl groups excluding tert-OH is 1. The second-order valence-electron chi connectivity index (χ2n) is 11.6. The third-order valence-electron chi connectivity index (χ3n) is 9.52. The zero-order valence-electron chi connectivity index (χ0n) is 22.1. The summed E-state index contributed by atoms with van der Waals surface area (Å²) in [5.41, 5.74) is -4.46. The van der Waals surface area contributed by atoms with E-state index < -0.39 is 76.3 Å². The molecule has 4 aliphatic carbocycles. The average Bonchev–Trinajstić information content (AvgIpc) is 3.26. The molecule has 0 aromatic heterocycles. The maximum absolute atomic E-state index is 13.2. The summed E-state index contributed by atoms with van der Waals surface area (Å²) in [6.45, 7) is 11.8. The van der Waals surface area contributed by atoms with Gasteiger partial charge in [0.25, 0.3) is 0 Å². The van der Waals surface area contributed by atoms with Crippen molar-refractivity contribution < 1.29 is 39.2 Å². The van der Waals surface area contributed by atoms with E-state index in [1.165, 1.54) is 0 Å². The second kappa shape index (κ2) is 8.36. The van der Waals surface area contributed by atoms with Crippen molar-refractivity contribution in [2.75, 3.05) is 6.61 Å². The molecule has 198 valence electrons. The lowest BCUT2D eigenvalue weighted by atomic mass is 9.59. The standard InChI is InChI=1S/C28H38O8/c1-8-14(3)24(32)35-23-16(5)27(34)18(21-25(6,7)28(21,23)36-20(30)9-2)11-17(13-29)12-26(33)19(27)10-15(4)22(26)31/h8,10-11,16,18-19,21,23,29,33-34H,9,12-13H2,1-7H3/b14-8+/t16-,18+,19-,21-,23-,26-,27-,28-/m1/s1. The Hall–Kier alpha value is -2.29. The van der Waals surface area contributed by atoms with Crippen molar-refractivity contribution in [3.8, 4) is 0 Å². The van der Waals surface area contributed by atoms with E-state index in [2.05, 4.69) is 0 Å². The smallest absolute Gasteiger partial charge is 0.333 e. The Morgan fingerprint density at radius 3 is 2.42 bits per heavy atom. The molecule has 0 aliphatic heterocycles. The zero-order chi connectivity index (χ0) is 27.0. The highest BCUT2D eigenvalue weighted by Crippen LogP contribution is 2.77. The first kappa shape index (κ1) is 26.8. The SMILES string of the molecule is C/C=C(\C)C(=O)O[C@@H]1[C@@H](C)[C@@]2(O)[C@@H](C=C(CO)C[C@]3(O)C(=O)C(C)=C[C@@H]23)[C@@H]2C(C)(C)[C@]12OC(=O)CC. The number of hydrogen-bond donors (Lipinski definition) is 3. The van der Waals surface area contributed by atoms with Gasteiger partial charge in [0.05, 0.1) is 12.2 Å². The molecule has 8 heteroatoms. The molecular formula is C28H38O8. The Labute approximate surface area is 212 Å². The highest BCUT2D eigenvalue weighted by atomic mass is 16.6. The van der Waals surface area contributed by atoms with Crippen LogP contribution in [0.2, 0.25) is 0 Å². The van der Waals surface area contributed by atoms with Crippen molar-refractivity contribution in [3.63, 3.8) is 0 Å². The molecule has 0 amide bonds. The lowest BCUT2D eigenvalue weighted by Crippen LogP contribution is -2.66. The Kier molecular flexibility index (Phi) is 6.22. The Balaban J connectivity index is 1.96. The van der Waals surface area contributed by atoms with Crippen LogP contribution in [0.5, 0.6) is 0 Å². The summed E-state index contributed by atoms with van der Waals surface area (Å²) < 4.78 is 12.1. The number of hydrogen-bond acceptors (Lipinski definition) is 8. The molecule has 2 fully saturated rings. The number of aliphatic hydroxyl groups is 3. The van der Waals surface area contributed by atoms with Crippen LogP contribution in [0, 0.1) is 29.1 Å². The van der Waals surface area contributed by atoms with Crippen molar-refractivity contribution in [3.05, 3.63) is 34.9 Å². The monoisotopic (exact) mass is 502 g/mol. The normalized spacial score (nSPS) is 42.8. The molecule has 0 unspecified atom stereocenters. The molecule has 0 aromatic carbocycles. The molecule has 0 bridgehead atoms. The fraction of sp³-hybridized carbons (Fsp3) is 0.679.